The van der Waals surface area contributed by atoms with E-state index in [1.165, 1.54) is 5.56 Å². The standard InChI is InChI=1S/C24H31N5O4/c1-31-18-7-4-15(5-8-18)13-28-22-19(23-26-14-27-29(23)24(28)30)10-17(12-25-22)16-6-9-20(32-2)21(11-16)33-3/h4-9,11,17,19,22-23,25-27H,10,12-14H2,1-3H3. The third-order valence-corrected chi connectivity index (χ3v) is 6.96. The molecule has 3 aliphatic heterocycles. The number of benzene rings is 2. The maximum Gasteiger partial charge on any atom is 0.337 e. The molecule has 3 saturated heterocycles. The van der Waals surface area contributed by atoms with Crippen LogP contribution in [-0.4, -0.2) is 62.8 Å². The number of carbonyl (C=O) groups is 1. The number of methoxy groups -OCH3 is 3. The first-order valence-corrected chi connectivity index (χ1v) is 11.3. The molecule has 9 nitrogen and oxygen atoms in total. The Balaban J connectivity index is 1.39. The lowest BCUT2D eigenvalue weighted by atomic mass is 9.80. The number of ether oxygens (including phenoxy) is 3. The highest BCUT2D eigenvalue weighted by atomic mass is 16.5. The summed E-state index contributed by atoms with van der Waals surface area (Å²) in [7, 11) is 4.96. The average Bonchev–Trinajstić information content (AvgIpc) is 3.37. The van der Waals surface area contributed by atoms with Gasteiger partial charge in [-0.05, 0) is 47.7 Å². The highest BCUT2D eigenvalue weighted by Crippen LogP contribution is 2.39. The molecule has 0 aliphatic carbocycles. The number of hydrogen-bond acceptors (Lipinski definition) is 7. The first-order chi connectivity index (χ1) is 16.1. The van der Waals surface area contributed by atoms with E-state index in [0.717, 1.165) is 35.8 Å². The first-order valence-electron chi connectivity index (χ1n) is 11.3. The van der Waals surface area contributed by atoms with Crippen LogP contribution >= 0.6 is 0 Å². The lowest BCUT2D eigenvalue weighted by Crippen LogP contribution is -2.70. The van der Waals surface area contributed by atoms with Gasteiger partial charge in [0.2, 0.25) is 0 Å². The molecule has 0 bridgehead atoms. The minimum Gasteiger partial charge on any atom is -0.497 e. The molecule has 3 heterocycles. The molecular formula is C24H31N5O4. The van der Waals surface area contributed by atoms with E-state index in [1.54, 1.807) is 26.3 Å². The predicted molar refractivity (Wildman–Crippen MR) is 123 cm³/mol. The number of piperidine rings is 1. The summed E-state index contributed by atoms with van der Waals surface area (Å²) in [5, 5.41) is 8.91. The molecule has 0 aromatic heterocycles. The molecule has 3 N–H and O–H groups in total. The largest absolute Gasteiger partial charge is 0.497 e. The summed E-state index contributed by atoms with van der Waals surface area (Å²) >= 11 is 0. The monoisotopic (exact) mass is 453 g/mol. The minimum absolute atomic E-state index is 0.0147. The van der Waals surface area contributed by atoms with Crippen molar-refractivity contribution in [2.24, 2.45) is 5.92 Å². The molecule has 3 fully saturated rings. The molecule has 33 heavy (non-hydrogen) atoms. The highest BCUT2D eigenvalue weighted by Gasteiger charge is 2.51. The summed E-state index contributed by atoms with van der Waals surface area (Å²) in [6, 6.07) is 14.0. The van der Waals surface area contributed by atoms with Gasteiger partial charge in [-0.15, -0.1) is 0 Å². The Kier molecular flexibility index (Phi) is 6.01. The van der Waals surface area contributed by atoms with E-state index in [9.17, 15) is 4.79 Å². The third kappa shape index (κ3) is 3.96. The SMILES string of the molecule is COc1ccc(CN2C(=O)N3NCNC3C3CC(c4ccc(OC)c(OC)c4)CNC32)cc1. The summed E-state index contributed by atoms with van der Waals surface area (Å²) < 4.78 is 16.2. The lowest BCUT2D eigenvalue weighted by Gasteiger charge is -2.51. The summed E-state index contributed by atoms with van der Waals surface area (Å²) in [4.78, 5) is 15.3. The van der Waals surface area contributed by atoms with Crippen LogP contribution in [0.2, 0.25) is 0 Å². The molecule has 9 heteroatoms. The topological polar surface area (TPSA) is 87.3 Å². The van der Waals surface area contributed by atoms with Crippen molar-refractivity contribution < 1.29 is 19.0 Å². The van der Waals surface area contributed by atoms with Gasteiger partial charge in [0.15, 0.2) is 11.5 Å². The Morgan fingerprint density at radius 3 is 2.45 bits per heavy atom. The van der Waals surface area contributed by atoms with Crippen molar-refractivity contribution in [2.75, 3.05) is 34.5 Å². The van der Waals surface area contributed by atoms with Crippen molar-refractivity contribution >= 4 is 6.03 Å². The van der Waals surface area contributed by atoms with Gasteiger partial charge in [0.1, 0.15) is 11.9 Å². The smallest absolute Gasteiger partial charge is 0.337 e. The van der Waals surface area contributed by atoms with E-state index in [2.05, 4.69) is 28.2 Å². The van der Waals surface area contributed by atoms with Crippen molar-refractivity contribution in [2.45, 2.75) is 31.2 Å². The molecule has 4 atom stereocenters. The summed E-state index contributed by atoms with van der Waals surface area (Å²) in [5.41, 5.74) is 5.48. The van der Waals surface area contributed by atoms with Gasteiger partial charge in [-0.2, -0.15) is 0 Å². The molecule has 0 spiro atoms. The van der Waals surface area contributed by atoms with E-state index in [0.29, 0.717) is 19.1 Å². The fourth-order valence-corrected chi connectivity index (χ4v) is 5.26. The molecule has 3 aliphatic rings. The Labute approximate surface area is 193 Å². The van der Waals surface area contributed by atoms with Crippen molar-refractivity contribution in [1.29, 1.82) is 0 Å². The van der Waals surface area contributed by atoms with E-state index >= 15 is 0 Å². The normalized spacial score (nSPS) is 26.6. The van der Waals surface area contributed by atoms with Crippen LogP contribution in [0.5, 0.6) is 17.2 Å². The molecule has 176 valence electrons. The van der Waals surface area contributed by atoms with Gasteiger partial charge in [-0.25, -0.2) is 15.2 Å². The van der Waals surface area contributed by atoms with Gasteiger partial charge >= 0.3 is 6.03 Å². The van der Waals surface area contributed by atoms with Crippen LogP contribution < -0.4 is 30.3 Å². The zero-order valence-corrected chi connectivity index (χ0v) is 19.2. The third-order valence-electron chi connectivity index (χ3n) is 6.96. The number of fused-ring (bicyclic) bond motifs is 3. The van der Waals surface area contributed by atoms with E-state index < -0.39 is 0 Å². The van der Waals surface area contributed by atoms with Crippen LogP contribution in [0.1, 0.15) is 23.5 Å². The quantitative estimate of drug-likeness (QED) is 0.617. The van der Waals surface area contributed by atoms with E-state index in [1.807, 2.05) is 35.2 Å². The Morgan fingerprint density at radius 2 is 1.73 bits per heavy atom. The van der Waals surface area contributed by atoms with Gasteiger partial charge in [0, 0.05) is 19.0 Å². The number of nitrogens with one attached hydrogen (secondary N) is 3. The van der Waals surface area contributed by atoms with Crippen LogP contribution in [0.3, 0.4) is 0 Å². The molecule has 2 amide bonds. The number of carbonyl (C=O) groups excluding carboxylic acids is 1. The van der Waals surface area contributed by atoms with Gasteiger partial charge in [-0.3, -0.25) is 10.6 Å². The fraction of sp³-hybridized carbons (Fsp3) is 0.458. The van der Waals surface area contributed by atoms with Crippen molar-refractivity contribution in [3.8, 4) is 17.2 Å². The van der Waals surface area contributed by atoms with Gasteiger partial charge in [-0.1, -0.05) is 18.2 Å². The van der Waals surface area contributed by atoms with Gasteiger partial charge in [0.25, 0.3) is 0 Å². The Bertz CT molecular complexity index is 1000. The zero-order valence-electron chi connectivity index (χ0n) is 19.2. The molecule has 2 aromatic carbocycles. The van der Waals surface area contributed by atoms with Crippen LogP contribution in [0.25, 0.3) is 0 Å². The van der Waals surface area contributed by atoms with Crippen LogP contribution in [0.4, 0.5) is 4.79 Å². The summed E-state index contributed by atoms with van der Waals surface area (Å²) in [6.45, 7) is 1.89. The Morgan fingerprint density at radius 1 is 0.939 bits per heavy atom. The van der Waals surface area contributed by atoms with E-state index in [-0.39, 0.29) is 24.3 Å². The van der Waals surface area contributed by atoms with Crippen molar-refractivity contribution in [3.63, 3.8) is 0 Å². The summed E-state index contributed by atoms with van der Waals surface area (Å²) in [6.07, 6.45) is 0.838. The van der Waals surface area contributed by atoms with E-state index in [4.69, 9.17) is 14.2 Å². The summed E-state index contributed by atoms with van der Waals surface area (Å²) in [5.74, 6) is 2.78. The number of urea groups is 1. The minimum atomic E-state index is -0.0513. The molecule has 2 aromatic rings. The second-order valence-corrected chi connectivity index (χ2v) is 8.68. The number of nitrogens with zero attached hydrogens (tertiary/aromatic N) is 2. The molecule has 5 rings (SSSR count). The fourth-order valence-electron chi connectivity index (χ4n) is 5.26. The Hall–Kier alpha value is -3.01. The second kappa shape index (κ2) is 9.09. The van der Waals surface area contributed by atoms with Crippen molar-refractivity contribution in [1.82, 2.24) is 26.0 Å². The average molecular weight is 454 g/mol. The number of hydrogen-bond donors (Lipinski definition) is 3. The number of hydrazine groups is 1. The number of amides is 2. The molecule has 0 saturated carbocycles. The maximum absolute atomic E-state index is 13.3. The zero-order chi connectivity index (χ0) is 22.9. The molecule has 0 radical (unpaired) electrons. The number of rotatable bonds is 6. The van der Waals surface area contributed by atoms with Crippen LogP contribution in [-0.2, 0) is 6.54 Å². The maximum atomic E-state index is 13.3. The van der Waals surface area contributed by atoms with Crippen LogP contribution in [0.15, 0.2) is 42.5 Å². The molecular weight excluding hydrogens is 422 g/mol. The highest BCUT2D eigenvalue weighted by molar-refractivity contribution is 5.76. The van der Waals surface area contributed by atoms with Crippen LogP contribution in [0, 0.1) is 5.92 Å². The molecule has 4 unspecified atom stereocenters. The first kappa shape index (κ1) is 21.8. The van der Waals surface area contributed by atoms with Gasteiger partial charge < -0.3 is 19.1 Å². The predicted octanol–water partition coefficient (Wildman–Crippen LogP) is 2.06. The van der Waals surface area contributed by atoms with Gasteiger partial charge in [0.05, 0.1) is 34.2 Å². The van der Waals surface area contributed by atoms with Crippen molar-refractivity contribution in [3.05, 3.63) is 53.6 Å². The second-order valence-electron chi connectivity index (χ2n) is 8.68. The lowest BCUT2D eigenvalue weighted by molar-refractivity contribution is -0.0170.